The van der Waals surface area contributed by atoms with Crippen molar-refractivity contribution < 1.29 is 18.4 Å². The van der Waals surface area contributed by atoms with Crippen molar-refractivity contribution in [3.63, 3.8) is 0 Å². The van der Waals surface area contributed by atoms with Crippen LogP contribution in [0.4, 0.5) is 14.5 Å². The summed E-state index contributed by atoms with van der Waals surface area (Å²) in [4.78, 5) is 26.2. The van der Waals surface area contributed by atoms with Crippen molar-refractivity contribution in [2.75, 3.05) is 18.4 Å². The summed E-state index contributed by atoms with van der Waals surface area (Å²) in [6, 6.07) is 11.0. The second-order valence-electron chi connectivity index (χ2n) is 7.06. The molecule has 4 nitrogen and oxygen atoms in total. The Hall–Kier alpha value is -2.76. The van der Waals surface area contributed by atoms with E-state index in [1.165, 1.54) is 16.0 Å². The largest absolute Gasteiger partial charge is 0.334 e. The van der Waals surface area contributed by atoms with Crippen LogP contribution >= 0.6 is 0 Å². The van der Waals surface area contributed by atoms with Crippen LogP contribution < -0.4 is 5.32 Å². The molecule has 1 atom stereocenters. The molecule has 1 fully saturated rings. The number of anilines is 1. The fourth-order valence-electron chi connectivity index (χ4n) is 3.43. The van der Waals surface area contributed by atoms with Crippen LogP contribution in [0.25, 0.3) is 0 Å². The monoisotopic (exact) mass is 372 g/mol. The molecule has 1 aliphatic rings. The molecule has 1 heterocycles. The van der Waals surface area contributed by atoms with Gasteiger partial charge in [-0.2, -0.15) is 0 Å². The Morgan fingerprint density at radius 2 is 1.78 bits per heavy atom. The van der Waals surface area contributed by atoms with Gasteiger partial charge in [0.15, 0.2) is 0 Å². The first-order valence-electron chi connectivity index (χ1n) is 9.02. The van der Waals surface area contributed by atoms with Crippen molar-refractivity contribution in [2.45, 2.75) is 26.2 Å². The fourth-order valence-corrected chi connectivity index (χ4v) is 3.43. The van der Waals surface area contributed by atoms with Gasteiger partial charge in [-0.25, -0.2) is 8.78 Å². The first-order chi connectivity index (χ1) is 12.9. The Morgan fingerprint density at radius 1 is 1.11 bits per heavy atom. The van der Waals surface area contributed by atoms with Gasteiger partial charge >= 0.3 is 11.8 Å². The van der Waals surface area contributed by atoms with Gasteiger partial charge in [0.1, 0.15) is 11.6 Å². The average molecular weight is 372 g/mol. The second kappa shape index (κ2) is 8.29. The van der Waals surface area contributed by atoms with E-state index in [0.717, 1.165) is 31.4 Å². The second-order valence-corrected chi connectivity index (χ2v) is 7.06. The van der Waals surface area contributed by atoms with E-state index in [-0.39, 0.29) is 11.6 Å². The molecule has 1 N–H and O–H groups in total. The van der Waals surface area contributed by atoms with E-state index in [1.54, 1.807) is 0 Å². The summed E-state index contributed by atoms with van der Waals surface area (Å²) < 4.78 is 26.5. The van der Waals surface area contributed by atoms with Crippen molar-refractivity contribution in [3.05, 3.63) is 65.2 Å². The maximum absolute atomic E-state index is 13.2. The number of amides is 2. The number of carbonyl (C=O) groups is 2. The Balaban J connectivity index is 1.60. The van der Waals surface area contributed by atoms with Gasteiger partial charge in [0.05, 0.1) is 0 Å². The summed E-state index contributed by atoms with van der Waals surface area (Å²) in [7, 11) is 0. The number of nitrogens with one attached hydrogen (secondary N) is 1. The van der Waals surface area contributed by atoms with E-state index in [1.807, 2.05) is 6.92 Å². The van der Waals surface area contributed by atoms with Gasteiger partial charge in [-0.15, -0.1) is 0 Å². The molecule has 1 aliphatic heterocycles. The summed E-state index contributed by atoms with van der Waals surface area (Å²) in [5.74, 6) is -2.89. The predicted molar refractivity (Wildman–Crippen MR) is 99.2 cm³/mol. The van der Waals surface area contributed by atoms with Gasteiger partial charge in [-0.3, -0.25) is 9.59 Å². The number of benzene rings is 2. The lowest BCUT2D eigenvalue weighted by Crippen LogP contribution is -2.45. The van der Waals surface area contributed by atoms with Crippen LogP contribution in [0.15, 0.2) is 42.5 Å². The molecule has 2 amide bonds. The van der Waals surface area contributed by atoms with Crippen LogP contribution in [-0.2, 0) is 16.0 Å². The summed E-state index contributed by atoms with van der Waals surface area (Å²) in [5.41, 5.74) is 2.34. The minimum Gasteiger partial charge on any atom is -0.334 e. The maximum Gasteiger partial charge on any atom is 0.313 e. The van der Waals surface area contributed by atoms with Crippen molar-refractivity contribution in [1.82, 2.24) is 4.90 Å². The molecule has 3 rings (SSSR count). The van der Waals surface area contributed by atoms with E-state index < -0.39 is 23.4 Å². The molecule has 27 heavy (non-hydrogen) atoms. The van der Waals surface area contributed by atoms with Crippen molar-refractivity contribution in [1.29, 1.82) is 0 Å². The Morgan fingerprint density at radius 3 is 2.44 bits per heavy atom. The van der Waals surface area contributed by atoms with Gasteiger partial charge in [0, 0.05) is 24.8 Å². The Bertz CT molecular complexity index is 816. The smallest absolute Gasteiger partial charge is 0.313 e. The third kappa shape index (κ3) is 5.12. The summed E-state index contributed by atoms with van der Waals surface area (Å²) in [6.07, 6.45) is 2.67. The molecule has 2 aromatic carbocycles. The number of halogens is 2. The van der Waals surface area contributed by atoms with Crippen LogP contribution in [0, 0.1) is 24.5 Å². The average Bonchev–Trinajstić information content (AvgIpc) is 2.62. The molecule has 2 aromatic rings. The summed E-state index contributed by atoms with van der Waals surface area (Å²) >= 11 is 0. The third-order valence-electron chi connectivity index (χ3n) is 4.77. The van der Waals surface area contributed by atoms with Crippen molar-refractivity contribution in [3.8, 4) is 0 Å². The van der Waals surface area contributed by atoms with Crippen LogP contribution in [0.1, 0.15) is 24.0 Å². The highest BCUT2D eigenvalue weighted by atomic mass is 19.1. The van der Waals surface area contributed by atoms with Gasteiger partial charge < -0.3 is 10.2 Å². The van der Waals surface area contributed by atoms with Crippen LogP contribution in [-0.4, -0.2) is 29.8 Å². The first kappa shape index (κ1) is 19.0. The molecule has 0 bridgehead atoms. The molecule has 1 saturated heterocycles. The molecule has 0 spiro atoms. The minimum absolute atomic E-state index is 0.0703. The topological polar surface area (TPSA) is 49.4 Å². The van der Waals surface area contributed by atoms with Crippen LogP contribution in [0.5, 0.6) is 0 Å². The van der Waals surface area contributed by atoms with E-state index in [0.29, 0.717) is 19.2 Å². The van der Waals surface area contributed by atoms with E-state index in [2.05, 4.69) is 29.6 Å². The SMILES string of the molecule is Cc1ccc(CC2CCCN(C(=O)C(=O)Nc3cc(F)cc(F)c3)C2)cc1. The fraction of sp³-hybridized carbons (Fsp3) is 0.333. The van der Waals surface area contributed by atoms with E-state index >= 15 is 0 Å². The summed E-state index contributed by atoms with van der Waals surface area (Å²) in [5, 5.41) is 2.28. The van der Waals surface area contributed by atoms with Gasteiger partial charge in [0.25, 0.3) is 0 Å². The zero-order valence-electron chi connectivity index (χ0n) is 15.2. The predicted octanol–water partition coefficient (Wildman–Crippen LogP) is 3.69. The molecule has 6 heteroatoms. The molecule has 0 aliphatic carbocycles. The van der Waals surface area contributed by atoms with Crippen LogP contribution in [0.3, 0.4) is 0 Å². The first-order valence-corrected chi connectivity index (χ1v) is 9.02. The third-order valence-corrected chi connectivity index (χ3v) is 4.77. The Kier molecular flexibility index (Phi) is 5.84. The highest BCUT2D eigenvalue weighted by Crippen LogP contribution is 2.22. The lowest BCUT2D eigenvalue weighted by Gasteiger charge is -2.32. The van der Waals surface area contributed by atoms with Gasteiger partial charge in [0.2, 0.25) is 0 Å². The highest BCUT2D eigenvalue weighted by molar-refractivity contribution is 6.39. The molecular weight excluding hydrogens is 350 g/mol. The molecule has 0 aromatic heterocycles. The Labute approximate surface area is 157 Å². The number of aryl methyl sites for hydroxylation is 1. The summed E-state index contributed by atoms with van der Waals surface area (Å²) in [6.45, 7) is 3.04. The number of hydrogen-bond acceptors (Lipinski definition) is 2. The van der Waals surface area contributed by atoms with Gasteiger partial charge in [-0.05, 0) is 49.8 Å². The number of piperidine rings is 1. The van der Waals surface area contributed by atoms with E-state index in [9.17, 15) is 18.4 Å². The lowest BCUT2D eigenvalue weighted by atomic mass is 9.91. The number of hydrogen-bond donors (Lipinski definition) is 1. The van der Waals surface area contributed by atoms with Crippen molar-refractivity contribution in [2.24, 2.45) is 5.92 Å². The maximum atomic E-state index is 13.2. The number of carbonyl (C=O) groups excluding carboxylic acids is 2. The minimum atomic E-state index is -0.879. The number of rotatable bonds is 3. The molecule has 0 saturated carbocycles. The molecule has 1 unspecified atom stereocenters. The normalized spacial score (nSPS) is 16.9. The lowest BCUT2D eigenvalue weighted by molar-refractivity contribution is -0.144. The van der Waals surface area contributed by atoms with Crippen molar-refractivity contribution >= 4 is 17.5 Å². The van der Waals surface area contributed by atoms with Crippen LogP contribution in [0.2, 0.25) is 0 Å². The van der Waals surface area contributed by atoms with E-state index in [4.69, 9.17) is 0 Å². The zero-order valence-corrected chi connectivity index (χ0v) is 15.2. The quantitative estimate of drug-likeness (QED) is 0.836. The standard InChI is InChI=1S/C21H22F2N2O2/c1-14-4-6-15(7-5-14)9-16-3-2-8-25(13-16)21(27)20(26)24-19-11-17(22)10-18(23)12-19/h4-7,10-12,16H,2-3,8-9,13H2,1H3,(H,24,26). The van der Waals surface area contributed by atoms with Gasteiger partial charge in [-0.1, -0.05) is 29.8 Å². The number of nitrogens with zero attached hydrogens (tertiary/aromatic N) is 1. The molecule has 0 radical (unpaired) electrons. The molecular formula is C21H22F2N2O2. The highest BCUT2D eigenvalue weighted by Gasteiger charge is 2.28. The number of likely N-dealkylation sites (tertiary alicyclic amines) is 1. The molecule has 142 valence electrons. The zero-order chi connectivity index (χ0) is 19.4.